The third-order valence-electron chi connectivity index (χ3n) is 4.29. The number of hydrogen-bond donors (Lipinski definition) is 2. The molecule has 0 aliphatic rings. The summed E-state index contributed by atoms with van der Waals surface area (Å²) in [7, 11) is 0. The lowest BCUT2D eigenvalue weighted by molar-refractivity contribution is -0.116. The summed E-state index contributed by atoms with van der Waals surface area (Å²) in [5.41, 5.74) is 4.30. The van der Waals surface area contributed by atoms with Gasteiger partial charge in [-0.15, -0.1) is 0 Å². The van der Waals surface area contributed by atoms with Crippen molar-refractivity contribution in [2.45, 2.75) is 33.2 Å². The van der Waals surface area contributed by atoms with Crippen LogP contribution >= 0.6 is 0 Å². The van der Waals surface area contributed by atoms with Crippen molar-refractivity contribution >= 4 is 11.6 Å². The highest BCUT2D eigenvalue weighted by molar-refractivity contribution is 5.92. The Kier molecular flexibility index (Phi) is 7.64. The molecule has 0 unspecified atom stereocenters. The summed E-state index contributed by atoms with van der Waals surface area (Å²) in [6.07, 6.45) is 1.24. The summed E-state index contributed by atoms with van der Waals surface area (Å²) in [5, 5.41) is 12.3. The van der Waals surface area contributed by atoms with E-state index in [0.29, 0.717) is 13.0 Å². The van der Waals surface area contributed by atoms with E-state index in [1.807, 2.05) is 50.2 Å². The Morgan fingerprint density at radius 3 is 2.32 bits per heavy atom. The molecule has 0 atom stereocenters. The standard InChI is InChI=1S/C21H28N2O2/c1-17-8-6-9-18(2)21(17)22-20(25)12-7-13-23(14-15-24)16-19-10-4-3-5-11-19/h3-6,8-11,24H,7,12-16H2,1-2H3,(H,22,25). The number of rotatable bonds is 9. The van der Waals surface area contributed by atoms with Crippen LogP contribution < -0.4 is 5.32 Å². The van der Waals surface area contributed by atoms with E-state index in [4.69, 9.17) is 0 Å². The van der Waals surface area contributed by atoms with Gasteiger partial charge >= 0.3 is 0 Å². The minimum atomic E-state index is 0.0426. The van der Waals surface area contributed by atoms with Crippen LogP contribution in [0.2, 0.25) is 0 Å². The number of nitrogens with one attached hydrogen (secondary N) is 1. The number of nitrogens with zero attached hydrogens (tertiary/aromatic N) is 1. The highest BCUT2D eigenvalue weighted by Crippen LogP contribution is 2.19. The van der Waals surface area contributed by atoms with Crippen LogP contribution in [0.1, 0.15) is 29.5 Å². The lowest BCUT2D eigenvalue weighted by atomic mass is 10.1. The Bertz CT molecular complexity index is 651. The average Bonchev–Trinajstić information content (AvgIpc) is 2.59. The SMILES string of the molecule is Cc1cccc(C)c1NC(=O)CCCN(CCO)Cc1ccccc1. The van der Waals surface area contributed by atoms with E-state index in [1.165, 1.54) is 5.56 Å². The summed E-state index contributed by atoms with van der Waals surface area (Å²) >= 11 is 0. The number of aryl methyl sites for hydroxylation is 2. The van der Waals surface area contributed by atoms with Crippen LogP contribution in [0.15, 0.2) is 48.5 Å². The fourth-order valence-electron chi connectivity index (χ4n) is 2.93. The summed E-state index contributed by atoms with van der Waals surface area (Å²) in [5.74, 6) is 0.0426. The number of aliphatic hydroxyl groups is 1. The van der Waals surface area contributed by atoms with Crippen molar-refractivity contribution in [3.63, 3.8) is 0 Å². The molecule has 0 saturated heterocycles. The molecule has 2 aromatic carbocycles. The van der Waals surface area contributed by atoms with Crippen molar-refractivity contribution in [2.75, 3.05) is 25.0 Å². The molecule has 0 aromatic heterocycles. The van der Waals surface area contributed by atoms with Gasteiger partial charge in [0.1, 0.15) is 0 Å². The monoisotopic (exact) mass is 340 g/mol. The smallest absolute Gasteiger partial charge is 0.224 e. The molecule has 2 N–H and O–H groups in total. The number of para-hydroxylation sites is 1. The van der Waals surface area contributed by atoms with Crippen molar-refractivity contribution < 1.29 is 9.90 Å². The third-order valence-corrected chi connectivity index (χ3v) is 4.29. The fourth-order valence-corrected chi connectivity index (χ4v) is 2.93. The van der Waals surface area contributed by atoms with Crippen LogP contribution in [0.5, 0.6) is 0 Å². The van der Waals surface area contributed by atoms with Gasteiger partial charge in [0.15, 0.2) is 0 Å². The van der Waals surface area contributed by atoms with Gasteiger partial charge in [-0.25, -0.2) is 0 Å². The van der Waals surface area contributed by atoms with Gasteiger partial charge in [-0.2, -0.15) is 0 Å². The number of carbonyl (C=O) groups is 1. The Balaban J connectivity index is 1.81. The van der Waals surface area contributed by atoms with Crippen molar-refractivity contribution in [1.82, 2.24) is 4.90 Å². The van der Waals surface area contributed by atoms with Crippen molar-refractivity contribution in [2.24, 2.45) is 0 Å². The molecular formula is C21H28N2O2. The second-order valence-electron chi connectivity index (χ2n) is 6.40. The molecule has 0 radical (unpaired) electrons. The van der Waals surface area contributed by atoms with E-state index in [2.05, 4.69) is 22.3 Å². The zero-order valence-corrected chi connectivity index (χ0v) is 15.2. The first-order valence-electron chi connectivity index (χ1n) is 8.83. The van der Waals surface area contributed by atoms with Crippen LogP contribution in [0, 0.1) is 13.8 Å². The molecule has 4 heteroatoms. The molecule has 0 aliphatic heterocycles. The number of benzene rings is 2. The summed E-state index contributed by atoms with van der Waals surface area (Å²) < 4.78 is 0. The molecule has 25 heavy (non-hydrogen) atoms. The topological polar surface area (TPSA) is 52.6 Å². The number of carbonyl (C=O) groups excluding carboxylic acids is 1. The second-order valence-corrected chi connectivity index (χ2v) is 6.40. The van der Waals surface area contributed by atoms with Gasteiger partial charge in [0.2, 0.25) is 5.91 Å². The third kappa shape index (κ3) is 6.33. The summed E-state index contributed by atoms with van der Waals surface area (Å²) in [6.45, 7) is 6.33. The van der Waals surface area contributed by atoms with Crippen molar-refractivity contribution in [1.29, 1.82) is 0 Å². The summed E-state index contributed by atoms with van der Waals surface area (Å²) in [4.78, 5) is 14.4. The Morgan fingerprint density at radius 1 is 1.00 bits per heavy atom. The summed E-state index contributed by atoms with van der Waals surface area (Å²) in [6, 6.07) is 16.2. The van der Waals surface area contributed by atoms with Gasteiger partial charge in [0, 0.05) is 25.2 Å². The quantitative estimate of drug-likeness (QED) is 0.734. The highest BCUT2D eigenvalue weighted by atomic mass is 16.3. The largest absolute Gasteiger partial charge is 0.395 e. The molecule has 0 spiro atoms. The molecule has 2 aromatic rings. The molecule has 0 aliphatic carbocycles. The van der Waals surface area contributed by atoms with Gasteiger partial charge in [-0.05, 0) is 43.5 Å². The molecule has 1 amide bonds. The maximum absolute atomic E-state index is 12.2. The van der Waals surface area contributed by atoms with Crippen LogP contribution in [0.4, 0.5) is 5.69 Å². The Morgan fingerprint density at radius 2 is 1.68 bits per heavy atom. The maximum Gasteiger partial charge on any atom is 0.224 e. The lowest BCUT2D eigenvalue weighted by Crippen LogP contribution is -2.28. The molecule has 4 nitrogen and oxygen atoms in total. The number of amides is 1. The van der Waals surface area contributed by atoms with Gasteiger partial charge in [0.05, 0.1) is 6.61 Å². The van der Waals surface area contributed by atoms with E-state index in [1.54, 1.807) is 0 Å². The normalized spacial score (nSPS) is 10.9. The van der Waals surface area contributed by atoms with Gasteiger partial charge in [-0.1, -0.05) is 48.5 Å². The average molecular weight is 340 g/mol. The van der Waals surface area contributed by atoms with Gasteiger partial charge < -0.3 is 10.4 Å². The van der Waals surface area contributed by atoms with Crippen LogP contribution in [-0.2, 0) is 11.3 Å². The van der Waals surface area contributed by atoms with Gasteiger partial charge in [-0.3, -0.25) is 9.69 Å². The minimum Gasteiger partial charge on any atom is -0.395 e. The molecular weight excluding hydrogens is 312 g/mol. The first-order chi connectivity index (χ1) is 12.1. The minimum absolute atomic E-state index is 0.0426. The number of anilines is 1. The van der Waals surface area contributed by atoms with Crippen LogP contribution in [-0.4, -0.2) is 35.6 Å². The molecule has 2 rings (SSSR count). The van der Waals surface area contributed by atoms with Crippen molar-refractivity contribution in [3.8, 4) is 0 Å². The predicted molar refractivity (Wildman–Crippen MR) is 103 cm³/mol. The maximum atomic E-state index is 12.2. The number of hydrogen-bond acceptors (Lipinski definition) is 3. The van der Waals surface area contributed by atoms with E-state index >= 15 is 0 Å². The first-order valence-corrected chi connectivity index (χ1v) is 8.83. The zero-order chi connectivity index (χ0) is 18.1. The second kappa shape index (κ2) is 9.97. The zero-order valence-electron chi connectivity index (χ0n) is 15.2. The van der Waals surface area contributed by atoms with E-state index < -0.39 is 0 Å². The Hall–Kier alpha value is -2.17. The van der Waals surface area contributed by atoms with E-state index in [0.717, 1.165) is 36.3 Å². The Labute approximate surface area is 150 Å². The molecule has 134 valence electrons. The molecule has 0 saturated carbocycles. The molecule has 0 fully saturated rings. The fraction of sp³-hybridized carbons (Fsp3) is 0.381. The van der Waals surface area contributed by atoms with Crippen LogP contribution in [0.3, 0.4) is 0 Å². The van der Waals surface area contributed by atoms with Gasteiger partial charge in [0.25, 0.3) is 0 Å². The molecule has 0 bridgehead atoms. The first kappa shape index (κ1) is 19.2. The lowest BCUT2D eigenvalue weighted by Gasteiger charge is -2.21. The van der Waals surface area contributed by atoms with Crippen molar-refractivity contribution in [3.05, 3.63) is 65.2 Å². The predicted octanol–water partition coefficient (Wildman–Crippen LogP) is 3.52. The van der Waals surface area contributed by atoms with E-state index in [9.17, 15) is 9.90 Å². The van der Waals surface area contributed by atoms with E-state index in [-0.39, 0.29) is 12.5 Å². The molecule has 0 heterocycles. The van der Waals surface area contributed by atoms with Crippen LogP contribution in [0.25, 0.3) is 0 Å². The number of aliphatic hydroxyl groups excluding tert-OH is 1. The highest BCUT2D eigenvalue weighted by Gasteiger charge is 2.09.